The van der Waals surface area contributed by atoms with Crippen LogP contribution in [0.3, 0.4) is 0 Å². The third-order valence-corrected chi connectivity index (χ3v) is 18.2. The zero-order chi connectivity index (χ0) is 47.8. The highest BCUT2D eigenvalue weighted by molar-refractivity contribution is 6.58. The number of phenolic OH excluding ortho intramolecular Hbond substituents is 1. The van der Waals surface area contributed by atoms with Gasteiger partial charge in [-0.15, -0.1) is 0 Å². The Labute approximate surface area is 406 Å². The monoisotopic (exact) mass is 949 g/mol. The average Bonchev–Trinajstić information content (AvgIpc) is 4.13. The van der Waals surface area contributed by atoms with Gasteiger partial charge < -0.3 is 28.8 Å². The summed E-state index contributed by atoms with van der Waals surface area (Å²) in [6, 6.07) is 42.9. The van der Waals surface area contributed by atoms with Crippen LogP contribution in [0.5, 0.6) is 23.0 Å². The number of hydrogen-bond acceptors (Lipinski definition) is 8. The molecule has 2 saturated heterocycles. The molecule has 11 heteroatoms. The number of hydrogen-bond donors (Lipinski definition) is 1. The number of halogens is 2. The van der Waals surface area contributed by atoms with Crippen molar-refractivity contribution in [3.63, 3.8) is 0 Å². The Hall–Kier alpha value is -4.78. The molecule has 2 heterocycles. The minimum Gasteiger partial charge on any atom is -0.508 e. The van der Waals surface area contributed by atoms with Crippen molar-refractivity contribution in [2.45, 2.75) is 95.6 Å². The van der Waals surface area contributed by atoms with E-state index in [1.165, 1.54) is 48.0 Å². The Morgan fingerprint density at radius 1 is 0.529 bits per heavy atom. The van der Waals surface area contributed by atoms with Crippen molar-refractivity contribution in [1.82, 2.24) is 9.80 Å². The standard InChI is InChI=1S/C29H32FNO3.C22H26FNO3.C6H16Si/c1-32-29(22-7-11-26(12-8-22)33-20-21-5-3-2-4-6-21)19-31-17-23-15-28(16-24(23)18-31)34-27-13-9-25(30)10-14-27;1-26-22(15-2-6-19(25)7-3-15)14-24-12-16-10-21(11-17(16)13-24)27-20-8-4-18(23)5-9-20;1-4-7(5-2)6-3/h2-14,23-24,28-29H,15-20H2,1H3;2-9,16-17,21-22,25H,10-14H2,1H3;7H,4-6H2,1-3H3/t23-,24+,28?,29?;16-,17+,21?,22?;. The van der Waals surface area contributed by atoms with Gasteiger partial charge in [-0.3, -0.25) is 9.80 Å². The van der Waals surface area contributed by atoms with Gasteiger partial charge in [0.15, 0.2) is 0 Å². The first-order valence-electron chi connectivity index (χ1n) is 25.0. The number of fused-ring (bicyclic) bond motifs is 2. The summed E-state index contributed by atoms with van der Waals surface area (Å²) < 4.78 is 55.8. The molecule has 9 rings (SSSR count). The minimum absolute atomic E-state index is 0.00990. The van der Waals surface area contributed by atoms with Crippen molar-refractivity contribution in [2.75, 3.05) is 53.5 Å². The molecule has 366 valence electrons. The molecule has 0 radical (unpaired) electrons. The molecule has 2 aliphatic heterocycles. The maximum absolute atomic E-state index is 13.1. The molecule has 0 bridgehead atoms. The van der Waals surface area contributed by atoms with E-state index >= 15 is 0 Å². The number of methoxy groups -OCH3 is 2. The third kappa shape index (κ3) is 14.9. The first kappa shape index (κ1) is 51.1. The fourth-order valence-electron chi connectivity index (χ4n) is 10.8. The van der Waals surface area contributed by atoms with Crippen molar-refractivity contribution in [3.8, 4) is 23.0 Å². The van der Waals surface area contributed by atoms with Crippen molar-refractivity contribution in [3.05, 3.63) is 156 Å². The predicted octanol–water partition coefficient (Wildman–Crippen LogP) is 12.2. The van der Waals surface area contributed by atoms with Crippen LogP contribution in [-0.2, 0) is 16.1 Å². The van der Waals surface area contributed by atoms with Crippen LogP contribution in [0.1, 0.15) is 75.4 Å². The van der Waals surface area contributed by atoms with Crippen LogP contribution in [0.2, 0.25) is 18.1 Å². The van der Waals surface area contributed by atoms with E-state index in [2.05, 4.69) is 54.8 Å². The summed E-state index contributed by atoms with van der Waals surface area (Å²) in [5.74, 6) is 4.79. The van der Waals surface area contributed by atoms with E-state index in [0.717, 1.165) is 93.3 Å². The van der Waals surface area contributed by atoms with E-state index in [4.69, 9.17) is 23.7 Å². The molecule has 0 aromatic heterocycles. The molecule has 0 amide bonds. The van der Waals surface area contributed by atoms with Crippen LogP contribution in [-0.4, -0.2) is 89.4 Å². The van der Waals surface area contributed by atoms with Crippen molar-refractivity contribution in [1.29, 1.82) is 0 Å². The molecular weight excluding hydrogens is 875 g/mol. The van der Waals surface area contributed by atoms with Gasteiger partial charge in [-0.2, -0.15) is 0 Å². The van der Waals surface area contributed by atoms with Crippen molar-refractivity contribution < 1.29 is 37.6 Å². The van der Waals surface area contributed by atoms with Gasteiger partial charge in [0.1, 0.15) is 41.2 Å². The van der Waals surface area contributed by atoms with Crippen LogP contribution in [0, 0.1) is 35.3 Å². The maximum atomic E-state index is 13.1. The van der Waals surface area contributed by atoms with Crippen LogP contribution < -0.4 is 14.2 Å². The van der Waals surface area contributed by atoms with Crippen LogP contribution in [0.25, 0.3) is 0 Å². The molecule has 4 aliphatic rings. The summed E-state index contributed by atoms with van der Waals surface area (Å²) in [5.41, 5.74) is 3.42. The van der Waals surface area contributed by atoms with E-state index < -0.39 is 0 Å². The summed E-state index contributed by atoms with van der Waals surface area (Å²) in [7, 11) is 3.35. The normalized spacial score (nSPS) is 22.9. The maximum Gasteiger partial charge on any atom is 0.123 e. The highest BCUT2D eigenvalue weighted by Crippen LogP contribution is 2.42. The van der Waals surface area contributed by atoms with Crippen molar-refractivity contribution in [2.24, 2.45) is 23.7 Å². The summed E-state index contributed by atoms with van der Waals surface area (Å²) in [5, 5.41) is 9.47. The van der Waals surface area contributed by atoms with Crippen LogP contribution >= 0.6 is 0 Å². The molecule has 0 spiro atoms. The fraction of sp³-hybridized carbons (Fsp3) is 0.474. The number of phenols is 1. The molecule has 2 aliphatic carbocycles. The molecule has 8 nitrogen and oxygen atoms in total. The molecule has 1 N–H and O–H groups in total. The quantitative estimate of drug-likeness (QED) is 0.0871. The number of nitrogens with zero attached hydrogens (tertiary/aromatic N) is 2. The Bertz CT molecular complexity index is 2170. The zero-order valence-electron chi connectivity index (χ0n) is 40.9. The molecule has 68 heavy (non-hydrogen) atoms. The Kier molecular flexibility index (Phi) is 19.3. The van der Waals surface area contributed by atoms with E-state index in [1.807, 2.05) is 42.5 Å². The van der Waals surface area contributed by atoms with Crippen molar-refractivity contribution >= 4 is 8.80 Å². The number of aromatic hydroxyl groups is 1. The lowest BCUT2D eigenvalue weighted by atomic mass is 10.0. The molecule has 4 unspecified atom stereocenters. The number of benzene rings is 5. The van der Waals surface area contributed by atoms with Gasteiger partial charge in [0, 0.05) is 62.3 Å². The number of likely N-dealkylation sites (tertiary alicyclic amines) is 2. The molecule has 4 fully saturated rings. The lowest BCUT2D eigenvalue weighted by Gasteiger charge is -2.25. The Balaban J connectivity index is 0.000000180. The first-order chi connectivity index (χ1) is 33.1. The lowest BCUT2D eigenvalue weighted by molar-refractivity contribution is 0.0666. The Morgan fingerprint density at radius 2 is 0.912 bits per heavy atom. The third-order valence-electron chi connectivity index (χ3n) is 14.7. The molecule has 5 aromatic rings. The highest BCUT2D eigenvalue weighted by atomic mass is 28.3. The second kappa shape index (κ2) is 25.7. The molecular formula is C57H74F2N2O6Si. The van der Waals surface area contributed by atoms with E-state index in [1.54, 1.807) is 50.6 Å². The number of rotatable bonds is 18. The van der Waals surface area contributed by atoms with E-state index in [9.17, 15) is 13.9 Å². The van der Waals surface area contributed by atoms with Gasteiger partial charge >= 0.3 is 0 Å². The zero-order valence-corrected chi connectivity index (χ0v) is 42.0. The molecule has 5 aromatic carbocycles. The van der Waals surface area contributed by atoms with E-state index in [0.29, 0.717) is 30.3 Å². The summed E-state index contributed by atoms with van der Waals surface area (Å²) >= 11 is 0. The average molecular weight is 949 g/mol. The van der Waals surface area contributed by atoms with E-state index in [-0.39, 0.29) is 50.6 Å². The molecule has 2 saturated carbocycles. The highest BCUT2D eigenvalue weighted by Gasteiger charge is 2.43. The predicted molar refractivity (Wildman–Crippen MR) is 270 cm³/mol. The smallest absolute Gasteiger partial charge is 0.123 e. The van der Waals surface area contributed by atoms with Crippen LogP contribution in [0.15, 0.2) is 127 Å². The van der Waals surface area contributed by atoms with Gasteiger partial charge in [-0.25, -0.2) is 8.78 Å². The molecule has 8 atom stereocenters. The summed E-state index contributed by atoms with van der Waals surface area (Å²) in [6.45, 7) is 13.6. The SMILES string of the molecule is CC[SiH](CC)CC.COC(CN1C[C@H]2CC(Oc3ccc(F)cc3)C[C@H]2C1)c1ccc(O)cc1.COC(CN1C[C@H]2CC(Oc3ccc(F)cc3)C[C@H]2C1)c1ccc(OCc2ccccc2)cc1. The fourth-order valence-corrected chi connectivity index (χ4v) is 12.5. The van der Waals surface area contributed by atoms with Gasteiger partial charge in [-0.1, -0.05) is 93.5 Å². The largest absolute Gasteiger partial charge is 0.508 e. The second-order valence-electron chi connectivity index (χ2n) is 19.3. The lowest BCUT2D eigenvalue weighted by Crippen LogP contribution is -2.29. The van der Waals surface area contributed by atoms with Gasteiger partial charge in [-0.05, 0) is 139 Å². The van der Waals surface area contributed by atoms with Gasteiger partial charge in [0.05, 0.1) is 24.4 Å². The second-order valence-corrected chi connectivity index (χ2v) is 23.5. The van der Waals surface area contributed by atoms with Crippen LogP contribution in [0.4, 0.5) is 8.78 Å². The number of ether oxygens (including phenoxy) is 5. The summed E-state index contributed by atoms with van der Waals surface area (Å²) in [6.07, 6.45) is 4.72. The topological polar surface area (TPSA) is 72.9 Å². The minimum atomic E-state index is -0.234. The summed E-state index contributed by atoms with van der Waals surface area (Å²) in [4.78, 5) is 5.00. The van der Waals surface area contributed by atoms with Gasteiger partial charge in [0.2, 0.25) is 0 Å². The Morgan fingerprint density at radius 3 is 1.28 bits per heavy atom. The van der Waals surface area contributed by atoms with Gasteiger partial charge in [0.25, 0.3) is 0 Å². The first-order valence-corrected chi connectivity index (χ1v) is 27.5.